The topological polar surface area (TPSA) is 85.2 Å². The Morgan fingerprint density at radius 3 is 2.48 bits per heavy atom. The molecule has 118 valence electrons. The molecule has 0 aliphatic carbocycles. The molecular weight excluding hydrogens is 268 g/mol. The van der Waals surface area contributed by atoms with E-state index in [2.05, 4.69) is 17.6 Å². The van der Waals surface area contributed by atoms with E-state index in [4.69, 9.17) is 5.26 Å². The van der Waals surface area contributed by atoms with E-state index < -0.39 is 6.04 Å². The van der Waals surface area contributed by atoms with Crippen molar-refractivity contribution >= 4 is 11.9 Å². The first-order chi connectivity index (χ1) is 9.93. The summed E-state index contributed by atoms with van der Waals surface area (Å²) in [5.41, 5.74) is 0. The molecule has 21 heavy (non-hydrogen) atoms. The van der Waals surface area contributed by atoms with Crippen LogP contribution in [0.2, 0.25) is 0 Å². The summed E-state index contributed by atoms with van der Waals surface area (Å²) in [6.07, 6.45) is 2.57. The number of carbonyl (C=O) groups is 2. The monoisotopic (exact) mass is 294 g/mol. The van der Waals surface area contributed by atoms with Gasteiger partial charge >= 0.3 is 6.03 Å². The number of carbonyl (C=O) groups excluding carboxylic acids is 2. The molecule has 0 aromatic rings. The van der Waals surface area contributed by atoms with Crippen LogP contribution in [0, 0.1) is 23.2 Å². The van der Waals surface area contributed by atoms with Crippen LogP contribution in [0.15, 0.2) is 0 Å². The van der Waals surface area contributed by atoms with Crippen LogP contribution in [0.25, 0.3) is 0 Å². The number of piperidine rings is 1. The van der Waals surface area contributed by atoms with Gasteiger partial charge in [-0.3, -0.25) is 4.79 Å². The van der Waals surface area contributed by atoms with E-state index in [1.807, 2.05) is 19.9 Å². The largest absolute Gasteiger partial charge is 0.341 e. The normalized spacial score (nSPS) is 17.2. The molecule has 0 aromatic carbocycles. The van der Waals surface area contributed by atoms with Gasteiger partial charge in [-0.1, -0.05) is 20.8 Å². The van der Waals surface area contributed by atoms with Crippen molar-refractivity contribution in [3.8, 4) is 6.07 Å². The average molecular weight is 294 g/mol. The minimum absolute atomic E-state index is 0.0372. The number of nitrogens with one attached hydrogen (secondary N) is 2. The fourth-order valence-corrected chi connectivity index (χ4v) is 2.40. The molecule has 0 unspecified atom stereocenters. The van der Waals surface area contributed by atoms with Crippen molar-refractivity contribution in [1.82, 2.24) is 15.5 Å². The molecule has 1 saturated heterocycles. The van der Waals surface area contributed by atoms with Crippen molar-refractivity contribution < 1.29 is 9.59 Å². The van der Waals surface area contributed by atoms with Crippen molar-refractivity contribution in [2.24, 2.45) is 11.8 Å². The quantitative estimate of drug-likeness (QED) is 0.753. The average Bonchev–Trinajstić information content (AvgIpc) is 2.44. The minimum Gasteiger partial charge on any atom is -0.341 e. The molecule has 0 spiro atoms. The van der Waals surface area contributed by atoms with Crippen LogP contribution in [0.3, 0.4) is 0 Å². The number of hydrogen-bond donors (Lipinski definition) is 2. The third kappa shape index (κ3) is 6.03. The van der Waals surface area contributed by atoms with Gasteiger partial charge in [0.2, 0.25) is 5.91 Å². The molecule has 1 rings (SSSR count). The predicted molar refractivity (Wildman–Crippen MR) is 80.4 cm³/mol. The van der Waals surface area contributed by atoms with E-state index in [-0.39, 0.29) is 24.4 Å². The Labute approximate surface area is 126 Å². The molecule has 0 aromatic heterocycles. The van der Waals surface area contributed by atoms with E-state index in [9.17, 15) is 9.59 Å². The van der Waals surface area contributed by atoms with Crippen LogP contribution < -0.4 is 10.6 Å². The number of nitrogens with zero attached hydrogens (tertiary/aromatic N) is 2. The molecule has 1 aliphatic rings. The first kappa shape index (κ1) is 17.3. The third-order valence-corrected chi connectivity index (χ3v) is 3.73. The molecule has 1 fully saturated rings. The highest BCUT2D eigenvalue weighted by Gasteiger charge is 2.26. The van der Waals surface area contributed by atoms with Crippen LogP contribution in [0.4, 0.5) is 4.79 Å². The smallest absolute Gasteiger partial charge is 0.318 e. The van der Waals surface area contributed by atoms with Crippen LogP contribution in [0.5, 0.6) is 0 Å². The third-order valence-electron chi connectivity index (χ3n) is 3.73. The molecule has 3 amide bonds. The van der Waals surface area contributed by atoms with E-state index >= 15 is 0 Å². The van der Waals surface area contributed by atoms with Crippen molar-refractivity contribution in [2.75, 3.05) is 19.6 Å². The lowest BCUT2D eigenvalue weighted by Crippen LogP contribution is -2.53. The Bertz CT molecular complexity index is 395. The van der Waals surface area contributed by atoms with Gasteiger partial charge in [-0.05, 0) is 31.1 Å². The van der Waals surface area contributed by atoms with Gasteiger partial charge in [0.15, 0.2) is 0 Å². The van der Waals surface area contributed by atoms with Gasteiger partial charge in [0.1, 0.15) is 12.6 Å². The molecule has 1 aliphatic heterocycles. The standard InChI is InChI=1S/C15H26N4O2/c1-11(2)10-13(14(20)17-7-6-16)18-15(21)19-8-4-12(3)5-9-19/h11-13H,4-5,7-10H2,1-3H3,(H,17,20)(H,18,21)/t13-/m0/s1. The lowest BCUT2D eigenvalue weighted by Gasteiger charge is -2.32. The van der Waals surface area contributed by atoms with Crippen molar-refractivity contribution in [2.45, 2.75) is 46.1 Å². The van der Waals surface area contributed by atoms with Crippen molar-refractivity contribution in [3.05, 3.63) is 0 Å². The Hall–Kier alpha value is -1.77. The number of likely N-dealkylation sites (tertiary alicyclic amines) is 1. The molecule has 1 atom stereocenters. The van der Waals surface area contributed by atoms with Crippen LogP contribution in [-0.4, -0.2) is 42.5 Å². The maximum Gasteiger partial charge on any atom is 0.318 e. The summed E-state index contributed by atoms with van der Waals surface area (Å²) >= 11 is 0. The summed E-state index contributed by atoms with van der Waals surface area (Å²) in [7, 11) is 0. The molecular formula is C15H26N4O2. The number of rotatable bonds is 5. The second-order valence-corrected chi connectivity index (χ2v) is 6.18. The van der Waals surface area contributed by atoms with Gasteiger partial charge < -0.3 is 15.5 Å². The number of hydrogen-bond acceptors (Lipinski definition) is 3. The fraction of sp³-hybridized carbons (Fsp3) is 0.800. The Morgan fingerprint density at radius 2 is 1.95 bits per heavy atom. The maximum atomic E-state index is 12.2. The number of nitriles is 1. The molecule has 2 N–H and O–H groups in total. The molecule has 6 nitrogen and oxygen atoms in total. The molecule has 0 radical (unpaired) electrons. The Kier molecular flexibility index (Phi) is 7.00. The van der Waals surface area contributed by atoms with Gasteiger partial charge in [-0.15, -0.1) is 0 Å². The van der Waals surface area contributed by atoms with Gasteiger partial charge in [-0.2, -0.15) is 5.26 Å². The number of urea groups is 1. The van der Waals surface area contributed by atoms with Gasteiger partial charge in [0.05, 0.1) is 6.07 Å². The highest BCUT2D eigenvalue weighted by atomic mass is 16.2. The van der Waals surface area contributed by atoms with Crippen molar-refractivity contribution in [1.29, 1.82) is 5.26 Å². The summed E-state index contributed by atoms with van der Waals surface area (Å²) < 4.78 is 0. The zero-order valence-corrected chi connectivity index (χ0v) is 13.2. The Balaban J connectivity index is 2.56. The first-order valence-corrected chi connectivity index (χ1v) is 7.64. The molecule has 0 bridgehead atoms. The predicted octanol–water partition coefficient (Wildman–Crippen LogP) is 1.48. The maximum absolute atomic E-state index is 12.2. The van der Waals surface area contributed by atoms with Crippen LogP contribution in [-0.2, 0) is 4.79 Å². The molecule has 0 saturated carbocycles. The van der Waals surface area contributed by atoms with E-state index in [1.54, 1.807) is 4.90 Å². The van der Waals surface area contributed by atoms with Crippen LogP contribution in [0.1, 0.15) is 40.0 Å². The summed E-state index contributed by atoms with van der Waals surface area (Å²) in [4.78, 5) is 26.0. The Morgan fingerprint density at radius 1 is 1.33 bits per heavy atom. The minimum atomic E-state index is -0.579. The summed E-state index contributed by atoms with van der Waals surface area (Å²) in [5.74, 6) is 0.646. The highest BCUT2D eigenvalue weighted by Crippen LogP contribution is 2.16. The van der Waals surface area contributed by atoms with E-state index in [0.29, 0.717) is 12.3 Å². The van der Waals surface area contributed by atoms with Crippen LogP contribution >= 0.6 is 0 Å². The summed E-state index contributed by atoms with van der Waals surface area (Å²) in [6.45, 7) is 7.62. The summed E-state index contributed by atoms with van der Waals surface area (Å²) in [6, 6.07) is 1.11. The number of amides is 3. The first-order valence-electron chi connectivity index (χ1n) is 7.64. The highest BCUT2D eigenvalue weighted by molar-refractivity contribution is 5.87. The zero-order valence-electron chi connectivity index (χ0n) is 13.2. The fourth-order valence-electron chi connectivity index (χ4n) is 2.40. The van der Waals surface area contributed by atoms with E-state index in [1.165, 1.54) is 0 Å². The molecule has 6 heteroatoms. The lowest BCUT2D eigenvalue weighted by atomic mass is 9.99. The van der Waals surface area contributed by atoms with Gasteiger partial charge in [-0.25, -0.2) is 4.79 Å². The van der Waals surface area contributed by atoms with Gasteiger partial charge in [0.25, 0.3) is 0 Å². The zero-order chi connectivity index (χ0) is 15.8. The lowest BCUT2D eigenvalue weighted by molar-refractivity contribution is -0.123. The van der Waals surface area contributed by atoms with Crippen molar-refractivity contribution in [3.63, 3.8) is 0 Å². The SMILES string of the molecule is CC(C)C[C@H](NC(=O)N1CCC(C)CC1)C(=O)NCC#N. The molecule has 1 heterocycles. The van der Waals surface area contributed by atoms with E-state index in [0.717, 1.165) is 25.9 Å². The summed E-state index contributed by atoms with van der Waals surface area (Å²) in [5, 5.41) is 13.9. The second kappa shape index (κ2) is 8.50. The van der Waals surface area contributed by atoms with Gasteiger partial charge in [0, 0.05) is 13.1 Å². The second-order valence-electron chi connectivity index (χ2n) is 6.18.